The second kappa shape index (κ2) is 10.8. The molecular weight excluding hydrogens is 477 g/mol. The van der Waals surface area contributed by atoms with Crippen molar-refractivity contribution in [2.75, 3.05) is 53.5 Å². The Morgan fingerprint density at radius 2 is 1.67 bits per heavy atom. The summed E-state index contributed by atoms with van der Waals surface area (Å²) in [7, 11) is 0.847. The van der Waals surface area contributed by atoms with E-state index in [1.54, 1.807) is 12.3 Å². The third kappa shape index (κ3) is 6.50. The van der Waals surface area contributed by atoms with E-state index in [2.05, 4.69) is 42.2 Å². The van der Waals surface area contributed by atoms with E-state index in [0.717, 1.165) is 43.1 Å². The maximum atomic E-state index is 14.9. The van der Waals surface area contributed by atoms with Gasteiger partial charge in [-0.15, -0.1) is 0 Å². The fraction of sp³-hybridized carbons (Fsp3) is 0.385. The van der Waals surface area contributed by atoms with Crippen LogP contribution >= 0.6 is 0 Å². The van der Waals surface area contributed by atoms with Crippen molar-refractivity contribution in [2.45, 2.75) is 32.4 Å². The molecule has 1 fully saturated rings. The van der Waals surface area contributed by atoms with Gasteiger partial charge in [-0.1, -0.05) is 6.07 Å². The minimum atomic E-state index is -1.23. The molecule has 4 rings (SSSR count). The van der Waals surface area contributed by atoms with Gasteiger partial charge in [0.25, 0.3) is 0 Å². The number of nitrogens with one attached hydrogen (secondary N) is 3. The van der Waals surface area contributed by atoms with Crippen LogP contribution in [0.25, 0.3) is 0 Å². The van der Waals surface area contributed by atoms with Crippen molar-refractivity contribution in [3.05, 3.63) is 60.0 Å². The summed E-state index contributed by atoms with van der Waals surface area (Å²) >= 11 is 0. The number of aromatic nitrogens is 2. The van der Waals surface area contributed by atoms with Crippen molar-refractivity contribution in [1.82, 2.24) is 14.9 Å². The monoisotopic (exact) mass is 511 g/mol. The molecule has 0 spiro atoms. The van der Waals surface area contributed by atoms with Crippen molar-refractivity contribution >= 4 is 45.5 Å². The van der Waals surface area contributed by atoms with Gasteiger partial charge in [-0.3, -0.25) is 0 Å². The van der Waals surface area contributed by atoms with Crippen LogP contribution in [-0.4, -0.2) is 57.1 Å². The minimum absolute atomic E-state index is 0.271. The zero-order valence-electron chi connectivity index (χ0n) is 21.4. The molecule has 2 aromatic carbocycles. The highest BCUT2D eigenvalue weighted by molar-refractivity contribution is 7.87. The Morgan fingerprint density at radius 3 is 2.36 bits per heavy atom. The summed E-state index contributed by atoms with van der Waals surface area (Å²) in [5, 5.41) is 6.41. The molecule has 10 heteroatoms. The Kier molecular flexibility index (Phi) is 7.75. The normalized spacial score (nSPS) is 15.4. The van der Waals surface area contributed by atoms with Crippen LogP contribution in [0, 0.1) is 12.7 Å². The van der Waals surface area contributed by atoms with Crippen LogP contribution in [0.5, 0.6) is 0 Å². The molecule has 3 N–H and O–H groups in total. The van der Waals surface area contributed by atoms with E-state index < -0.39 is 11.0 Å². The van der Waals surface area contributed by atoms with Crippen molar-refractivity contribution in [2.24, 2.45) is 0 Å². The third-order valence-corrected chi connectivity index (χ3v) is 7.45. The van der Waals surface area contributed by atoms with Gasteiger partial charge < -0.3 is 25.2 Å². The van der Waals surface area contributed by atoms with E-state index >= 15 is 0 Å². The molecule has 192 valence electrons. The molecule has 0 saturated carbocycles. The Labute approximate surface area is 214 Å². The van der Waals surface area contributed by atoms with Gasteiger partial charge in [0, 0.05) is 55.0 Å². The molecule has 1 unspecified atom stereocenters. The van der Waals surface area contributed by atoms with E-state index in [1.165, 1.54) is 6.07 Å². The summed E-state index contributed by atoms with van der Waals surface area (Å²) in [5.41, 5.74) is 3.59. The summed E-state index contributed by atoms with van der Waals surface area (Å²) in [5.74, 6) is 0.709. The third-order valence-electron chi connectivity index (χ3n) is 5.91. The number of benzene rings is 2. The summed E-state index contributed by atoms with van der Waals surface area (Å²) < 4.78 is 30.0. The van der Waals surface area contributed by atoms with Crippen LogP contribution in [0.15, 0.2) is 48.7 Å². The largest absolute Gasteiger partial charge is 0.367 e. The van der Waals surface area contributed by atoms with E-state index in [-0.39, 0.29) is 10.6 Å². The lowest BCUT2D eigenvalue weighted by Crippen LogP contribution is -2.44. The maximum Gasteiger partial charge on any atom is 0.229 e. The van der Waals surface area contributed by atoms with E-state index in [0.29, 0.717) is 23.1 Å². The van der Waals surface area contributed by atoms with Crippen molar-refractivity contribution in [3.63, 3.8) is 0 Å². The summed E-state index contributed by atoms with van der Waals surface area (Å²) in [6, 6.07) is 12.7. The van der Waals surface area contributed by atoms with E-state index in [1.807, 2.05) is 58.0 Å². The van der Waals surface area contributed by atoms with Gasteiger partial charge in [0.05, 0.1) is 10.4 Å². The Bertz CT molecular complexity index is 1240. The Morgan fingerprint density at radius 1 is 0.972 bits per heavy atom. The molecule has 1 aromatic heterocycles. The number of halogens is 1. The second-order valence-electron chi connectivity index (χ2n) is 10.00. The number of aryl methyl sites for hydroxylation is 1. The first-order valence-electron chi connectivity index (χ1n) is 12.0. The molecule has 0 amide bonds. The zero-order chi connectivity index (χ0) is 25.9. The minimum Gasteiger partial charge on any atom is -0.367 e. The second-order valence-corrected chi connectivity index (χ2v) is 12.0. The lowest BCUT2D eigenvalue weighted by Gasteiger charge is -2.34. The SMILES string of the molecule is Cc1cnc(Nc2ccc(N3CCN(C)CC3)c(F)c2)nc1Nc1cccc(NS(=O)C(C)(C)C)c1. The molecule has 2 heterocycles. The topological polar surface area (TPSA) is 85.4 Å². The number of hydrogen-bond acceptors (Lipinski definition) is 7. The molecule has 1 saturated heterocycles. The molecule has 0 radical (unpaired) electrons. The fourth-order valence-electron chi connectivity index (χ4n) is 3.70. The van der Waals surface area contributed by atoms with Gasteiger partial charge >= 0.3 is 0 Å². The predicted molar refractivity (Wildman–Crippen MR) is 147 cm³/mol. The smallest absolute Gasteiger partial charge is 0.229 e. The van der Waals surface area contributed by atoms with Gasteiger partial charge in [0.2, 0.25) is 5.95 Å². The highest BCUT2D eigenvalue weighted by atomic mass is 32.2. The summed E-state index contributed by atoms with van der Waals surface area (Å²) in [4.78, 5) is 13.3. The fourth-order valence-corrected chi connectivity index (χ4v) is 4.35. The molecule has 0 aliphatic carbocycles. The van der Waals surface area contributed by atoms with Gasteiger partial charge in [0.1, 0.15) is 22.6 Å². The molecule has 0 bridgehead atoms. The number of rotatable bonds is 7. The standard InChI is InChI=1S/C26H34FN7OS/c1-18-17-28-25(30-20-9-10-23(22(27)16-20)34-13-11-33(5)12-14-34)31-24(18)29-19-7-6-8-21(15-19)32-36(35)26(2,3)4/h6-10,15-17,32H,11-14H2,1-5H3,(H2,28,29,30,31). The quantitative estimate of drug-likeness (QED) is 0.410. The summed E-state index contributed by atoms with van der Waals surface area (Å²) in [6.07, 6.45) is 1.71. The van der Waals surface area contributed by atoms with Crippen molar-refractivity contribution in [3.8, 4) is 0 Å². The van der Waals surface area contributed by atoms with Crippen LogP contribution in [0.2, 0.25) is 0 Å². The van der Waals surface area contributed by atoms with Crippen LogP contribution < -0.4 is 20.3 Å². The molecule has 1 aliphatic heterocycles. The van der Waals surface area contributed by atoms with Crippen LogP contribution in [-0.2, 0) is 11.0 Å². The number of nitrogens with zero attached hydrogens (tertiary/aromatic N) is 4. The van der Waals surface area contributed by atoms with Crippen LogP contribution in [0.4, 0.5) is 38.9 Å². The number of piperazine rings is 1. The highest BCUT2D eigenvalue weighted by Crippen LogP contribution is 2.27. The number of anilines is 6. The predicted octanol–water partition coefficient (Wildman–Crippen LogP) is 5.04. The lowest BCUT2D eigenvalue weighted by atomic mass is 10.2. The van der Waals surface area contributed by atoms with Gasteiger partial charge in [-0.2, -0.15) is 4.98 Å². The first kappa shape index (κ1) is 25.8. The van der Waals surface area contributed by atoms with Crippen molar-refractivity contribution in [1.29, 1.82) is 0 Å². The average Bonchev–Trinajstić information content (AvgIpc) is 2.82. The van der Waals surface area contributed by atoms with Gasteiger partial charge in [-0.05, 0) is 71.1 Å². The van der Waals surface area contributed by atoms with E-state index in [4.69, 9.17) is 0 Å². The zero-order valence-corrected chi connectivity index (χ0v) is 22.2. The first-order valence-corrected chi connectivity index (χ1v) is 13.1. The van der Waals surface area contributed by atoms with Crippen LogP contribution in [0.3, 0.4) is 0 Å². The number of hydrogen-bond donors (Lipinski definition) is 3. The molecule has 8 nitrogen and oxygen atoms in total. The Hall–Kier alpha value is -3.24. The molecule has 1 atom stereocenters. The maximum absolute atomic E-state index is 14.9. The van der Waals surface area contributed by atoms with Crippen molar-refractivity contribution < 1.29 is 8.60 Å². The highest BCUT2D eigenvalue weighted by Gasteiger charge is 2.20. The molecular formula is C26H34FN7OS. The number of likely N-dealkylation sites (N-methyl/N-ethyl adjacent to an activating group) is 1. The first-order chi connectivity index (χ1) is 17.1. The summed E-state index contributed by atoms with van der Waals surface area (Å²) in [6.45, 7) is 11.1. The van der Waals surface area contributed by atoms with Gasteiger partial charge in [-0.25, -0.2) is 13.6 Å². The molecule has 1 aliphatic rings. The molecule has 36 heavy (non-hydrogen) atoms. The lowest BCUT2D eigenvalue weighted by molar-refractivity contribution is 0.311. The van der Waals surface area contributed by atoms with E-state index in [9.17, 15) is 8.60 Å². The Balaban J connectivity index is 1.46. The molecule has 3 aromatic rings. The average molecular weight is 512 g/mol. The van der Waals surface area contributed by atoms with Crippen LogP contribution in [0.1, 0.15) is 26.3 Å². The van der Waals surface area contributed by atoms with Gasteiger partial charge in [0.15, 0.2) is 0 Å².